The van der Waals surface area contributed by atoms with Gasteiger partial charge in [-0.15, -0.1) is 0 Å². The molecule has 1 aliphatic carbocycles. The second-order valence-corrected chi connectivity index (χ2v) is 6.51. The van der Waals surface area contributed by atoms with E-state index in [9.17, 15) is 4.79 Å². The van der Waals surface area contributed by atoms with Crippen LogP contribution in [-0.4, -0.2) is 11.9 Å². The SMILES string of the molecule is CCC1CCC(Oc2c(N)cc(Br)cc2C(C)=O)CC1. The van der Waals surface area contributed by atoms with E-state index in [0.717, 1.165) is 23.2 Å². The van der Waals surface area contributed by atoms with Crippen LogP contribution in [0.25, 0.3) is 0 Å². The summed E-state index contributed by atoms with van der Waals surface area (Å²) in [5.74, 6) is 1.36. The number of carbonyl (C=O) groups is 1. The van der Waals surface area contributed by atoms with Crippen LogP contribution in [-0.2, 0) is 0 Å². The van der Waals surface area contributed by atoms with Crippen molar-refractivity contribution in [2.75, 3.05) is 5.73 Å². The second kappa shape index (κ2) is 6.61. The predicted octanol–water partition coefficient (Wildman–Crippen LogP) is 4.58. The number of ketones is 1. The van der Waals surface area contributed by atoms with E-state index in [1.54, 1.807) is 19.1 Å². The first kappa shape index (κ1) is 15.4. The van der Waals surface area contributed by atoms with Crippen molar-refractivity contribution in [3.05, 3.63) is 22.2 Å². The Morgan fingerprint density at radius 3 is 2.55 bits per heavy atom. The van der Waals surface area contributed by atoms with Crippen molar-refractivity contribution in [1.29, 1.82) is 0 Å². The van der Waals surface area contributed by atoms with Gasteiger partial charge in [0.25, 0.3) is 0 Å². The number of hydrogen-bond donors (Lipinski definition) is 1. The first-order chi connectivity index (χ1) is 9.51. The van der Waals surface area contributed by atoms with Crippen molar-refractivity contribution in [2.24, 2.45) is 5.92 Å². The molecule has 0 radical (unpaired) electrons. The Morgan fingerprint density at radius 1 is 1.35 bits per heavy atom. The van der Waals surface area contributed by atoms with Crippen molar-refractivity contribution in [1.82, 2.24) is 0 Å². The molecule has 2 N–H and O–H groups in total. The molecule has 20 heavy (non-hydrogen) atoms. The molecule has 0 aromatic heterocycles. The molecule has 110 valence electrons. The third-order valence-electron chi connectivity index (χ3n) is 4.12. The Bertz CT molecular complexity index is 493. The van der Waals surface area contributed by atoms with Crippen molar-refractivity contribution in [3.63, 3.8) is 0 Å². The van der Waals surface area contributed by atoms with Crippen LogP contribution in [0.5, 0.6) is 5.75 Å². The molecule has 0 atom stereocenters. The van der Waals surface area contributed by atoms with E-state index in [0.29, 0.717) is 17.0 Å². The second-order valence-electron chi connectivity index (χ2n) is 5.60. The fourth-order valence-corrected chi connectivity index (χ4v) is 3.31. The zero-order chi connectivity index (χ0) is 14.7. The third kappa shape index (κ3) is 3.54. The van der Waals surface area contributed by atoms with Crippen LogP contribution in [0.3, 0.4) is 0 Å². The van der Waals surface area contributed by atoms with Gasteiger partial charge in [-0.3, -0.25) is 4.79 Å². The lowest BCUT2D eigenvalue weighted by Crippen LogP contribution is -2.25. The number of nitrogens with two attached hydrogens (primary N) is 1. The molecular formula is C16H22BrNO2. The average Bonchev–Trinajstić information content (AvgIpc) is 2.42. The van der Waals surface area contributed by atoms with Gasteiger partial charge in [0, 0.05) is 4.47 Å². The van der Waals surface area contributed by atoms with Crippen LogP contribution in [0.1, 0.15) is 56.3 Å². The number of ether oxygens (including phenoxy) is 1. The van der Waals surface area contributed by atoms with E-state index in [-0.39, 0.29) is 11.9 Å². The summed E-state index contributed by atoms with van der Waals surface area (Å²) in [5, 5.41) is 0. The molecule has 1 aliphatic rings. The van der Waals surface area contributed by atoms with Gasteiger partial charge in [0.05, 0.1) is 17.4 Å². The molecule has 1 aromatic carbocycles. The number of rotatable bonds is 4. The fourth-order valence-electron chi connectivity index (χ4n) is 2.83. The minimum absolute atomic E-state index is 0.0183. The van der Waals surface area contributed by atoms with Crippen LogP contribution in [0.15, 0.2) is 16.6 Å². The molecule has 0 aliphatic heterocycles. The molecule has 1 aromatic rings. The number of halogens is 1. The van der Waals surface area contributed by atoms with Crippen LogP contribution >= 0.6 is 15.9 Å². The summed E-state index contributed by atoms with van der Waals surface area (Å²) in [4.78, 5) is 11.8. The van der Waals surface area contributed by atoms with Gasteiger partial charge in [0.1, 0.15) is 0 Å². The lowest BCUT2D eigenvalue weighted by atomic mass is 9.86. The maximum atomic E-state index is 11.8. The fraction of sp³-hybridized carbons (Fsp3) is 0.562. The Labute approximate surface area is 129 Å². The zero-order valence-corrected chi connectivity index (χ0v) is 13.7. The monoisotopic (exact) mass is 339 g/mol. The van der Waals surface area contributed by atoms with E-state index < -0.39 is 0 Å². The maximum Gasteiger partial charge on any atom is 0.163 e. The molecule has 0 spiro atoms. The summed E-state index contributed by atoms with van der Waals surface area (Å²) in [6.07, 6.45) is 5.92. The topological polar surface area (TPSA) is 52.3 Å². The molecule has 2 rings (SSSR count). The third-order valence-corrected chi connectivity index (χ3v) is 4.58. The van der Waals surface area contributed by atoms with Crippen molar-refractivity contribution >= 4 is 27.4 Å². The van der Waals surface area contributed by atoms with Gasteiger partial charge in [0.2, 0.25) is 0 Å². The molecule has 4 heteroatoms. The van der Waals surface area contributed by atoms with Crippen LogP contribution in [0.4, 0.5) is 5.69 Å². The highest BCUT2D eigenvalue weighted by molar-refractivity contribution is 9.10. The first-order valence-electron chi connectivity index (χ1n) is 7.27. The number of carbonyl (C=O) groups excluding carboxylic acids is 1. The highest BCUT2D eigenvalue weighted by Crippen LogP contribution is 2.35. The summed E-state index contributed by atoms with van der Waals surface area (Å²) in [6, 6.07) is 3.57. The van der Waals surface area contributed by atoms with Crippen molar-refractivity contribution in [2.45, 2.75) is 52.1 Å². The molecular weight excluding hydrogens is 318 g/mol. The van der Waals surface area contributed by atoms with Gasteiger partial charge in [0.15, 0.2) is 11.5 Å². The van der Waals surface area contributed by atoms with Gasteiger partial charge >= 0.3 is 0 Å². The van der Waals surface area contributed by atoms with Gasteiger partial charge in [-0.25, -0.2) is 0 Å². The minimum Gasteiger partial charge on any atom is -0.488 e. The zero-order valence-electron chi connectivity index (χ0n) is 12.1. The number of benzene rings is 1. The molecule has 0 unspecified atom stereocenters. The van der Waals surface area contributed by atoms with E-state index in [1.165, 1.54) is 19.3 Å². The molecule has 1 fully saturated rings. The van der Waals surface area contributed by atoms with Crippen molar-refractivity contribution in [3.8, 4) is 5.75 Å². The van der Waals surface area contributed by atoms with E-state index in [1.807, 2.05) is 0 Å². The number of hydrogen-bond acceptors (Lipinski definition) is 3. The van der Waals surface area contributed by atoms with Gasteiger partial charge in [-0.05, 0) is 50.7 Å². The Morgan fingerprint density at radius 2 is 2.00 bits per heavy atom. The van der Waals surface area contributed by atoms with Gasteiger partial charge in [-0.2, -0.15) is 0 Å². The summed E-state index contributed by atoms with van der Waals surface area (Å²) in [5.41, 5.74) is 7.12. The summed E-state index contributed by atoms with van der Waals surface area (Å²) >= 11 is 3.37. The van der Waals surface area contributed by atoms with Crippen molar-refractivity contribution < 1.29 is 9.53 Å². The maximum absolute atomic E-state index is 11.8. The Hall–Kier alpha value is -1.03. The summed E-state index contributed by atoms with van der Waals surface area (Å²) in [6.45, 7) is 3.79. The Balaban J connectivity index is 2.15. The molecule has 0 heterocycles. The molecule has 0 saturated heterocycles. The van der Waals surface area contributed by atoms with E-state index in [2.05, 4.69) is 22.9 Å². The predicted molar refractivity (Wildman–Crippen MR) is 85.2 cm³/mol. The lowest BCUT2D eigenvalue weighted by molar-refractivity contribution is 0.0994. The smallest absolute Gasteiger partial charge is 0.163 e. The summed E-state index contributed by atoms with van der Waals surface area (Å²) in [7, 11) is 0. The molecule has 0 bridgehead atoms. The molecule has 1 saturated carbocycles. The van der Waals surface area contributed by atoms with Crippen LogP contribution in [0.2, 0.25) is 0 Å². The van der Waals surface area contributed by atoms with E-state index in [4.69, 9.17) is 10.5 Å². The minimum atomic E-state index is -0.0183. The van der Waals surface area contributed by atoms with Crippen LogP contribution < -0.4 is 10.5 Å². The number of nitrogen functional groups attached to an aromatic ring is 1. The average molecular weight is 340 g/mol. The lowest BCUT2D eigenvalue weighted by Gasteiger charge is -2.29. The molecule has 3 nitrogen and oxygen atoms in total. The highest BCUT2D eigenvalue weighted by Gasteiger charge is 2.23. The standard InChI is InChI=1S/C16H22BrNO2/c1-3-11-4-6-13(7-5-11)20-16-14(10(2)19)8-12(17)9-15(16)18/h8-9,11,13H,3-7,18H2,1-2H3. The molecule has 0 amide bonds. The van der Waals surface area contributed by atoms with E-state index >= 15 is 0 Å². The van der Waals surface area contributed by atoms with Gasteiger partial charge < -0.3 is 10.5 Å². The quantitative estimate of drug-likeness (QED) is 0.645. The number of anilines is 1. The Kier molecular flexibility index (Phi) is 5.08. The normalized spacial score (nSPS) is 22.6. The number of Topliss-reactive ketones (excluding diaryl/α,β-unsaturated/α-hetero) is 1. The largest absolute Gasteiger partial charge is 0.488 e. The van der Waals surface area contributed by atoms with Gasteiger partial charge in [-0.1, -0.05) is 29.3 Å². The summed E-state index contributed by atoms with van der Waals surface area (Å²) < 4.78 is 6.87. The first-order valence-corrected chi connectivity index (χ1v) is 8.07. The van der Waals surface area contributed by atoms with Crippen LogP contribution in [0, 0.1) is 5.92 Å². The highest BCUT2D eigenvalue weighted by atomic mass is 79.9.